The Hall–Kier alpha value is -3.41. The molecule has 0 saturated carbocycles. The Morgan fingerprint density at radius 2 is 1.48 bits per heavy atom. The number of hydrogen-bond acceptors (Lipinski definition) is 8. The van der Waals surface area contributed by atoms with Gasteiger partial charge < -0.3 is 33.2 Å². The van der Waals surface area contributed by atoms with Crippen LogP contribution in [0.1, 0.15) is 11.1 Å². The Balaban J connectivity index is 2.36. The summed E-state index contributed by atoms with van der Waals surface area (Å²) in [6, 6.07) is 11.0. The number of methoxy groups -OCH3 is 5. The summed E-state index contributed by atoms with van der Waals surface area (Å²) in [6.07, 6.45) is 1.73. The van der Waals surface area contributed by atoms with E-state index in [9.17, 15) is 5.26 Å². The lowest BCUT2D eigenvalue weighted by atomic mass is 10.0. The molecule has 0 amide bonds. The van der Waals surface area contributed by atoms with Crippen molar-refractivity contribution in [3.8, 4) is 34.8 Å². The highest BCUT2D eigenvalue weighted by atomic mass is 16.7. The van der Waals surface area contributed by atoms with Gasteiger partial charge in [-0.3, -0.25) is 0 Å². The maximum Gasteiger partial charge on any atom is 0.206 e. The van der Waals surface area contributed by atoms with Crippen molar-refractivity contribution in [3.05, 3.63) is 41.5 Å². The summed E-state index contributed by atoms with van der Waals surface area (Å²) in [5, 5.41) is 9.72. The summed E-state index contributed by atoms with van der Waals surface area (Å²) >= 11 is 0. The van der Waals surface area contributed by atoms with Gasteiger partial charge in [-0.2, -0.15) is 5.26 Å². The van der Waals surface area contributed by atoms with E-state index in [4.69, 9.17) is 33.2 Å². The number of rotatable bonds is 12. The zero-order valence-electron chi connectivity index (χ0n) is 18.4. The summed E-state index contributed by atoms with van der Waals surface area (Å²) in [5.41, 5.74) is 1.82. The first kappa shape index (κ1) is 23.9. The van der Waals surface area contributed by atoms with E-state index in [1.807, 2.05) is 0 Å². The predicted molar refractivity (Wildman–Crippen MR) is 116 cm³/mol. The first-order valence-corrected chi connectivity index (χ1v) is 9.41. The molecule has 0 radical (unpaired) electrons. The Morgan fingerprint density at radius 3 is 2.03 bits per heavy atom. The molecule has 0 heterocycles. The van der Waals surface area contributed by atoms with Crippen LogP contribution in [0.15, 0.2) is 30.3 Å². The van der Waals surface area contributed by atoms with Crippen molar-refractivity contribution in [2.75, 3.05) is 55.6 Å². The normalized spacial score (nSPS) is 10.9. The lowest BCUT2D eigenvalue weighted by Gasteiger charge is -2.15. The van der Waals surface area contributed by atoms with Gasteiger partial charge in [-0.1, -0.05) is 0 Å². The molecule has 0 aliphatic rings. The van der Waals surface area contributed by atoms with Crippen molar-refractivity contribution in [2.45, 2.75) is 0 Å². The van der Waals surface area contributed by atoms with Crippen LogP contribution in [0.25, 0.3) is 11.6 Å². The second-order valence-corrected chi connectivity index (χ2v) is 6.16. The molecule has 0 unspecified atom stereocenters. The van der Waals surface area contributed by atoms with Crippen molar-refractivity contribution in [2.24, 2.45) is 0 Å². The topological polar surface area (TPSA) is 88.4 Å². The van der Waals surface area contributed by atoms with E-state index in [1.165, 1.54) is 14.2 Å². The SMILES string of the molecule is COCCOCOc1c(OC)cc(/C=C(\C#N)c2ccc(OC)c(OC)c2)cc1OC. The lowest BCUT2D eigenvalue weighted by molar-refractivity contribution is -0.0105. The van der Waals surface area contributed by atoms with Gasteiger partial charge in [0.1, 0.15) is 0 Å². The third kappa shape index (κ3) is 6.28. The Bertz CT molecular complexity index is 909. The van der Waals surface area contributed by atoms with Gasteiger partial charge in [0.2, 0.25) is 5.75 Å². The van der Waals surface area contributed by atoms with E-state index in [1.54, 1.807) is 57.7 Å². The van der Waals surface area contributed by atoms with Crippen LogP contribution < -0.4 is 23.7 Å². The van der Waals surface area contributed by atoms with E-state index in [0.29, 0.717) is 58.7 Å². The van der Waals surface area contributed by atoms with Gasteiger partial charge in [-0.25, -0.2) is 0 Å². The van der Waals surface area contributed by atoms with Crippen molar-refractivity contribution in [1.82, 2.24) is 0 Å². The van der Waals surface area contributed by atoms with Gasteiger partial charge in [0.15, 0.2) is 29.8 Å². The summed E-state index contributed by atoms with van der Waals surface area (Å²) in [7, 11) is 7.76. The molecule has 0 aliphatic heterocycles. The van der Waals surface area contributed by atoms with E-state index >= 15 is 0 Å². The quantitative estimate of drug-likeness (QED) is 0.218. The Morgan fingerprint density at radius 1 is 0.839 bits per heavy atom. The largest absolute Gasteiger partial charge is 0.493 e. The summed E-state index contributed by atoms with van der Waals surface area (Å²) in [4.78, 5) is 0. The molecule has 0 aliphatic carbocycles. The zero-order chi connectivity index (χ0) is 22.6. The van der Waals surface area contributed by atoms with Crippen LogP contribution >= 0.6 is 0 Å². The fraction of sp³-hybridized carbons (Fsp3) is 0.348. The van der Waals surface area contributed by atoms with Crippen molar-refractivity contribution in [1.29, 1.82) is 5.26 Å². The minimum Gasteiger partial charge on any atom is -0.493 e. The Labute approximate surface area is 182 Å². The molecule has 8 nitrogen and oxygen atoms in total. The van der Waals surface area contributed by atoms with Crippen molar-refractivity contribution >= 4 is 11.6 Å². The van der Waals surface area contributed by atoms with E-state index in [-0.39, 0.29) is 6.79 Å². The number of nitrogens with zero attached hydrogens (tertiary/aromatic N) is 1. The molecule has 166 valence electrons. The van der Waals surface area contributed by atoms with Crippen LogP contribution in [0.5, 0.6) is 28.7 Å². The van der Waals surface area contributed by atoms with E-state index in [0.717, 1.165) is 0 Å². The molecule has 0 bridgehead atoms. The molecule has 2 aromatic carbocycles. The van der Waals surface area contributed by atoms with Gasteiger partial charge in [0, 0.05) is 7.11 Å². The van der Waals surface area contributed by atoms with Gasteiger partial charge >= 0.3 is 0 Å². The van der Waals surface area contributed by atoms with Crippen LogP contribution in [0.3, 0.4) is 0 Å². The van der Waals surface area contributed by atoms with Crippen LogP contribution in [0.4, 0.5) is 0 Å². The van der Waals surface area contributed by atoms with Crippen LogP contribution in [0.2, 0.25) is 0 Å². The average Bonchev–Trinajstić information content (AvgIpc) is 2.81. The highest BCUT2D eigenvalue weighted by molar-refractivity contribution is 5.90. The minimum absolute atomic E-state index is 0.0142. The molecular formula is C23H27NO7. The molecule has 2 aromatic rings. The predicted octanol–water partition coefficient (Wildman–Crippen LogP) is 3.78. The monoisotopic (exact) mass is 429 g/mol. The standard InChI is InChI=1S/C23H27NO7/c1-25-8-9-30-15-31-23-21(28-4)11-16(12-22(23)29-5)10-18(14-24)17-6-7-19(26-2)20(13-17)27-3/h6-7,10-13H,8-9,15H2,1-5H3/b18-10+. The Kier molecular flexibility index (Phi) is 9.49. The summed E-state index contributed by atoms with van der Waals surface area (Å²) in [5.74, 6) is 2.43. The van der Waals surface area contributed by atoms with Gasteiger partial charge in [0.05, 0.1) is 53.3 Å². The van der Waals surface area contributed by atoms with Crippen LogP contribution in [-0.2, 0) is 9.47 Å². The zero-order valence-corrected chi connectivity index (χ0v) is 18.4. The van der Waals surface area contributed by atoms with Gasteiger partial charge in [-0.15, -0.1) is 0 Å². The smallest absolute Gasteiger partial charge is 0.206 e. The number of hydrogen-bond donors (Lipinski definition) is 0. The highest BCUT2D eigenvalue weighted by Gasteiger charge is 2.15. The minimum atomic E-state index is 0.0142. The van der Waals surface area contributed by atoms with Gasteiger partial charge in [0.25, 0.3) is 0 Å². The fourth-order valence-electron chi connectivity index (χ4n) is 2.78. The third-order valence-electron chi connectivity index (χ3n) is 4.33. The average molecular weight is 429 g/mol. The second-order valence-electron chi connectivity index (χ2n) is 6.16. The molecule has 0 fully saturated rings. The van der Waals surface area contributed by atoms with Crippen molar-refractivity contribution in [3.63, 3.8) is 0 Å². The third-order valence-corrected chi connectivity index (χ3v) is 4.33. The second kappa shape index (κ2) is 12.3. The summed E-state index contributed by atoms with van der Waals surface area (Å²) < 4.78 is 37.5. The maximum absolute atomic E-state index is 9.72. The molecule has 0 aromatic heterocycles. The van der Waals surface area contributed by atoms with Gasteiger partial charge in [-0.05, 0) is 47.5 Å². The molecule has 0 atom stereocenters. The summed E-state index contributed by atoms with van der Waals surface area (Å²) in [6.45, 7) is 0.883. The molecule has 0 N–H and O–H groups in total. The molecule has 31 heavy (non-hydrogen) atoms. The van der Waals surface area contributed by atoms with Crippen molar-refractivity contribution < 1.29 is 33.2 Å². The van der Waals surface area contributed by atoms with E-state index in [2.05, 4.69) is 6.07 Å². The number of nitriles is 1. The van der Waals surface area contributed by atoms with Crippen LogP contribution in [0, 0.1) is 11.3 Å². The molecular weight excluding hydrogens is 402 g/mol. The molecule has 8 heteroatoms. The molecule has 0 saturated heterocycles. The first-order valence-electron chi connectivity index (χ1n) is 9.41. The number of allylic oxidation sites excluding steroid dienone is 1. The molecule has 2 rings (SSSR count). The molecule has 0 spiro atoms. The first-order chi connectivity index (χ1) is 15.1. The highest BCUT2D eigenvalue weighted by Crippen LogP contribution is 2.40. The van der Waals surface area contributed by atoms with Crippen LogP contribution in [-0.4, -0.2) is 55.6 Å². The number of ether oxygens (including phenoxy) is 7. The lowest BCUT2D eigenvalue weighted by Crippen LogP contribution is -2.09. The fourth-order valence-corrected chi connectivity index (χ4v) is 2.78. The maximum atomic E-state index is 9.72. The number of benzene rings is 2. The van der Waals surface area contributed by atoms with E-state index < -0.39 is 0 Å².